The number of hydrogen-bond acceptors (Lipinski definition) is 4. The first-order chi connectivity index (χ1) is 8.86. The van der Waals surface area contributed by atoms with Crippen LogP contribution in [0.15, 0.2) is 25.3 Å². The highest BCUT2D eigenvalue weighted by molar-refractivity contribution is 7.84. The number of rotatable bonds is 10. The number of amides is 1. The van der Waals surface area contributed by atoms with Crippen LogP contribution in [-0.2, 0) is 19.3 Å². The molecule has 0 rings (SSSR count). The van der Waals surface area contributed by atoms with E-state index in [1.54, 1.807) is 19.1 Å². The van der Waals surface area contributed by atoms with Gasteiger partial charge in [-0.25, -0.2) is 4.18 Å². The lowest BCUT2D eigenvalue weighted by Gasteiger charge is -2.19. The van der Waals surface area contributed by atoms with Gasteiger partial charge in [-0.15, -0.1) is 13.2 Å². The summed E-state index contributed by atoms with van der Waals surface area (Å²) in [6, 6.07) is -0.238. The lowest BCUT2D eigenvalue weighted by Crippen LogP contribution is -2.38. The van der Waals surface area contributed by atoms with Crippen LogP contribution in [0, 0.1) is 0 Å². The Morgan fingerprint density at radius 2 is 1.89 bits per heavy atom. The summed E-state index contributed by atoms with van der Waals surface area (Å²) in [4.78, 5) is 13.1. The molecule has 1 amide bonds. The van der Waals surface area contributed by atoms with E-state index >= 15 is 0 Å². The molecule has 0 radical (unpaired) electrons. The molecule has 0 aliphatic rings. The predicted octanol–water partition coefficient (Wildman–Crippen LogP) is 0.836. The van der Waals surface area contributed by atoms with Crippen molar-refractivity contribution < 1.29 is 17.4 Å². The highest BCUT2D eigenvalue weighted by Gasteiger charge is 2.18. The van der Waals surface area contributed by atoms with Crippen LogP contribution in [0.1, 0.15) is 20.3 Å². The number of nitrogens with zero attached hydrogens (tertiary/aromatic N) is 1. The average molecular weight is 290 g/mol. The molecular formula is C12H22N2O4S. The second-order valence-electron chi connectivity index (χ2n) is 4.02. The molecule has 19 heavy (non-hydrogen) atoms. The molecular weight excluding hydrogens is 268 g/mol. The minimum Gasteiger partial charge on any atom is -0.333 e. The molecule has 0 aromatic heterocycles. The van der Waals surface area contributed by atoms with Crippen LogP contribution in [0.2, 0.25) is 0 Å². The van der Waals surface area contributed by atoms with E-state index in [4.69, 9.17) is 0 Å². The molecule has 0 aliphatic heterocycles. The average Bonchev–Trinajstić information content (AvgIpc) is 2.35. The van der Waals surface area contributed by atoms with Crippen LogP contribution in [-0.4, -0.2) is 45.0 Å². The summed E-state index contributed by atoms with van der Waals surface area (Å²) in [6.45, 7) is 10.7. The monoisotopic (exact) mass is 290 g/mol. The Hall–Kier alpha value is -1.18. The van der Waals surface area contributed by atoms with Crippen LogP contribution in [0.3, 0.4) is 0 Å². The molecule has 0 saturated heterocycles. The summed E-state index contributed by atoms with van der Waals surface area (Å²) in [6.07, 6.45) is 3.73. The maximum atomic E-state index is 11.7. The normalized spacial score (nSPS) is 12.7. The molecule has 0 aromatic rings. The van der Waals surface area contributed by atoms with E-state index in [0.29, 0.717) is 19.5 Å². The van der Waals surface area contributed by atoms with Crippen LogP contribution < -0.4 is 4.72 Å². The van der Waals surface area contributed by atoms with E-state index < -0.39 is 22.8 Å². The van der Waals surface area contributed by atoms with Crippen molar-refractivity contribution in [3.63, 3.8) is 0 Å². The minimum atomic E-state index is -3.90. The largest absolute Gasteiger partial charge is 0.336 e. The Morgan fingerprint density at radius 1 is 1.37 bits per heavy atom. The quantitative estimate of drug-likeness (QED) is 0.605. The van der Waals surface area contributed by atoms with Gasteiger partial charge in [0.25, 0.3) is 5.91 Å². The molecule has 0 aromatic carbocycles. The Balaban J connectivity index is 4.40. The van der Waals surface area contributed by atoms with Crippen molar-refractivity contribution in [1.29, 1.82) is 0 Å². The van der Waals surface area contributed by atoms with Crippen molar-refractivity contribution in [2.45, 2.75) is 26.3 Å². The fourth-order valence-electron chi connectivity index (χ4n) is 1.17. The van der Waals surface area contributed by atoms with Gasteiger partial charge in [-0.05, 0) is 13.3 Å². The minimum absolute atomic E-state index is 0.238. The molecule has 1 unspecified atom stereocenters. The van der Waals surface area contributed by atoms with Gasteiger partial charge < -0.3 is 4.90 Å². The number of hydrogen-bond donors (Lipinski definition) is 1. The first-order valence-electron chi connectivity index (χ1n) is 6.02. The summed E-state index contributed by atoms with van der Waals surface area (Å²) in [5, 5.41) is 0. The summed E-state index contributed by atoms with van der Waals surface area (Å²) >= 11 is 0. The first-order valence-corrected chi connectivity index (χ1v) is 7.43. The molecule has 110 valence electrons. The molecule has 0 saturated carbocycles. The highest BCUT2D eigenvalue weighted by Crippen LogP contribution is 1.98. The summed E-state index contributed by atoms with van der Waals surface area (Å²) < 4.78 is 29.9. The van der Waals surface area contributed by atoms with Gasteiger partial charge in [0.2, 0.25) is 0 Å². The fourth-order valence-corrected chi connectivity index (χ4v) is 2.16. The maximum Gasteiger partial charge on any atom is 0.336 e. The summed E-state index contributed by atoms with van der Waals surface area (Å²) in [5.41, 5.74) is 0. The second-order valence-corrected chi connectivity index (χ2v) is 5.40. The van der Waals surface area contributed by atoms with Gasteiger partial charge in [0.1, 0.15) is 6.61 Å². The topological polar surface area (TPSA) is 75.7 Å². The molecule has 6 nitrogen and oxygen atoms in total. The third-order valence-corrected chi connectivity index (χ3v) is 3.47. The van der Waals surface area contributed by atoms with Gasteiger partial charge in [0.15, 0.2) is 0 Å². The molecule has 0 spiro atoms. The molecule has 0 fully saturated rings. The van der Waals surface area contributed by atoms with E-state index in [1.807, 2.05) is 6.92 Å². The van der Waals surface area contributed by atoms with Crippen molar-refractivity contribution in [3.05, 3.63) is 25.3 Å². The molecule has 7 heteroatoms. The number of nitrogens with one attached hydrogen (secondary N) is 1. The number of carbonyl (C=O) groups is 1. The van der Waals surface area contributed by atoms with Crippen molar-refractivity contribution in [3.8, 4) is 0 Å². The Morgan fingerprint density at radius 3 is 2.32 bits per heavy atom. The van der Waals surface area contributed by atoms with Gasteiger partial charge >= 0.3 is 10.3 Å². The Bertz CT molecular complexity index is 396. The highest BCUT2D eigenvalue weighted by atomic mass is 32.2. The smallest absolute Gasteiger partial charge is 0.333 e. The third-order valence-electron chi connectivity index (χ3n) is 2.35. The zero-order chi connectivity index (χ0) is 14.9. The van der Waals surface area contributed by atoms with Crippen molar-refractivity contribution in [1.82, 2.24) is 9.62 Å². The first kappa shape index (κ1) is 17.8. The van der Waals surface area contributed by atoms with Gasteiger partial charge in [-0.1, -0.05) is 19.1 Å². The SMILES string of the molecule is C=CCN(CC=C)C(=O)COS(=O)(=O)NC(C)CC. The van der Waals surface area contributed by atoms with Crippen molar-refractivity contribution in [2.75, 3.05) is 19.7 Å². The predicted molar refractivity (Wildman–Crippen MR) is 74.7 cm³/mol. The van der Waals surface area contributed by atoms with Gasteiger partial charge in [0, 0.05) is 19.1 Å². The second kappa shape index (κ2) is 8.84. The Kier molecular flexibility index (Phi) is 8.29. The molecule has 0 heterocycles. The zero-order valence-electron chi connectivity index (χ0n) is 11.5. The molecule has 1 atom stereocenters. The molecule has 1 N–H and O–H groups in total. The standard InChI is InChI=1S/C12H22N2O4S/c1-5-8-14(9-6-2)12(15)10-18-19(16,17)13-11(4)7-3/h5-6,11,13H,1-2,7-10H2,3-4H3. The van der Waals surface area contributed by atoms with E-state index in [1.165, 1.54) is 4.90 Å². The van der Waals surface area contributed by atoms with Crippen LogP contribution in [0.5, 0.6) is 0 Å². The van der Waals surface area contributed by atoms with Crippen molar-refractivity contribution >= 4 is 16.2 Å². The van der Waals surface area contributed by atoms with E-state index in [-0.39, 0.29) is 6.04 Å². The van der Waals surface area contributed by atoms with Crippen LogP contribution in [0.25, 0.3) is 0 Å². The van der Waals surface area contributed by atoms with Gasteiger partial charge in [0.05, 0.1) is 0 Å². The van der Waals surface area contributed by atoms with E-state index in [2.05, 4.69) is 22.1 Å². The third kappa shape index (κ3) is 7.76. The van der Waals surface area contributed by atoms with Gasteiger partial charge in [-0.3, -0.25) is 4.79 Å². The molecule has 0 aliphatic carbocycles. The molecule has 0 bridgehead atoms. The summed E-state index contributed by atoms with van der Waals surface area (Å²) in [7, 11) is -3.90. The van der Waals surface area contributed by atoms with Gasteiger partial charge in [-0.2, -0.15) is 13.1 Å². The maximum absolute atomic E-state index is 11.7. The lowest BCUT2D eigenvalue weighted by molar-refractivity contribution is -0.132. The fraction of sp³-hybridized carbons (Fsp3) is 0.583. The number of carbonyl (C=O) groups excluding carboxylic acids is 1. The van der Waals surface area contributed by atoms with Crippen molar-refractivity contribution in [2.24, 2.45) is 0 Å². The van der Waals surface area contributed by atoms with E-state index in [9.17, 15) is 13.2 Å². The van der Waals surface area contributed by atoms with Crippen LogP contribution in [0.4, 0.5) is 0 Å². The van der Waals surface area contributed by atoms with E-state index in [0.717, 1.165) is 0 Å². The summed E-state index contributed by atoms with van der Waals surface area (Å²) in [5.74, 6) is -0.436. The zero-order valence-corrected chi connectivity index (χ0v) is 12.3. The lowest BCUT2D eigenvalue weighted by atomic mass is 10.3. The Labute approximate surface area is 115 Å². The van der Waals surface area contributed by atoms with Crippen LogP contribution >= 0.6 is 0 Å².